The highest BCUT2D eigenvalue weighted by molar-refractivity contribution is 6.35. The SMILES string of the molecule is C[C@H]([NH2+][C@@H](C)c1ccc(Cl)cc1Cl)C(=O)NC(N)=O. The van der Waals surface area contributed by atoms with Crippen LogP contribution < -0.4 is 16.4 Å². The average Bonchev–Trinajstić information content (AvgIpc) is 2.27. The minimum atomic E-state index is -0.859. The Kier molecular flexibility index (Phi) is 5.60. The number of quaternary nitrogens is 1. The predicted molar refractivity (Wildman–Crippen MR) is 74.0 cm³/mol. The van der Waals surface area contributed by atoms with Crippen LogP contribution in [0.2, 0.25) is 10.0 Å². The Bertz CT molecular complexity index is 494. The molecule has 2 atom stereocenters. The summed E-state index contributed by atoms with van der Waals surface area (Å²) in [6.45, 7) is 3.59. The van der Waals surface area contributed by atoms with Gasteiger partial charge in [0.2, 0.25) is 0 Å². The first-order valence-corrected chi connectivity index (χ1v) is 6.47. The quantitative estimate of drug-likeness (QED) is 0.780. The van der Waals surface area contributed by atoms with Gasteiger partial charge in [0.25, 0.3) is 5.91 Å². The number of benzene rings is 1. The lowest BCUT2D eigenvalue weighted by atomic mass is 10.1. The van der Waals surface area contributed by atoms with E-state index in [1.807, 2.05) is 18.3 Å². The molecule has 0 spiro atoms. The molecule has 5 nitrogen and oxygen atoms in total. The van der Waals surface area contributed by atoms with E-state index in [9.17, 15) is 9.59 Å². The molecule has 0 saturated carbocycles. The summed E-state index contributed by atoms with van der Waals surface area (Å²) in [6, 6.07) is 3.82. The number of primary amides is 1. The van der Waals surface area contributed by atoms with Crippen molar-refractivity contribution in [2.45, 2.75) is 25.9 Å². The third-order valence-electron chi connectivity index (χ3n) is 2.69. The van der Waals surface area contributed by atoms with Crippen molar-refractivity contribution in [2.75, 3.05) is 0 Å². The van der Waals surface area contributed by atoms with Crippen LogP contribution in [0, 0.1) is 0 Å². The summed E-state index contributed by atoms with van der Waals surface area (Å²) in [7, 11) is 0. The van der Waals surface area contributed by atoms with Gasteiger partial charge >= 0.3 is 6.03 Å². The molecule has 19 heavy (non-hydrogen) atoms. The molecule has 0 aliphatic carbocycles. The van der Waals surface area contributed by atoms with Crippen molar-refractivity contribution in [3.05, 3.63) is 33.8 Å². The lowest BCUT2D eigenvalue weighted by Crippen LogP contribution is -2.92. The van der Waals surface area contributed by atoms with Crippen LogP contribution in [-0.2, 0) is 4.79 Å². The number of amides is 3. The van der Waals surface area contributed by atoms with Crippen molar-refractivity contribution < 1.29 is 14.9 Å². The molecule has 3 amide bonds. The molecular weight excluding hydrogens is 289 g/mol. The zero-order valence-corrected chi connectivity index (χ0v) is 12.1. The van der Waals surface area contributed by atoms with E-state index in [4.69, 9.17) is 28.9 Å². The first-order valence-electron chi connectivity index (χ1n) is 5.71. The maximum atomic E-state index is 11.6. The standard InChI is InChI=1S/C12H15Cl2N3O2/c1-6(9-4-3-8(13)5-10(9)14)16-7(2)11(18)17-12(15)19/h3-7,16H,1-2H3,(H3,15,17,18,19)/p+1/t6-,7-/m0/s1. The molecule has 0 fully saturated rings. The van der Waals surface area contributed by atoms with Crippen molar-refractivity contribution >= 4 is 35.1 Å². The Morgan fingerprint density at radius 3 is 2.47 bits per heavy atom. The minimum Gasteiger partial charge on any atom is -0.351 e. The fourth-order valence-electron chi connectivity index (χ4n) is 1.73. The van der Waals surface area contributed by atoms with Crippen LogP contribution in [0.5, 0.6) is 0 Å². The molecule has 104 valence electrons. The van der Waals surface area contributed by atoms with Gasteiger partial charge in [-0.2, -0.15) is 0 Å². The Labute approximate surface area is 121 Å². The van der Waals surface area contributed by atoms with Gasteiger partial charge in [-0.3, -0.25) is 10.1 Å². The zero-order valence-electron chi connectivity index (χ0n) is 10.6. The van der Waals surface area contributed by atoms with Gasteiger partial charge in [0.15, 0.2) is 6.04 Å². The molecule has 0 aliphatic rings. The van der Waals surface area contributed by atoms with Crippen LogP contribution in [0.4, 0.5) is 4.79 Å². The molecule has 1 aromatic rings. The maximum Gasteiger partial charge on any atom is 0.319 e. The highest BCUT2D eigenvalue weighted by atomic mass is 35.5. The summed E-state index contributed by atoms with van der Waals surface area (Å²) in [5, 5.41) is 4.92. The third-order valence-corrected chi connectivity index (χ3v) is 3.25. The molecule has 5 N–H and O–H groups in total. The Morgan fingerprint density at radius 1 is 1.32 bits per heavy atom. The molecule has 0 aromatic heterocycles. The topological polar surface area (TPSA) is 88.8 Å². The molecule has 0 radical (unpaired) electrons. The summed E-state index contributed by atoms with van der Waals surface area (Å²) in [5.41, 5.74) is 5.76. The van der Waals surface area contributed by atoms with Crippen molar-refractivity contribution in [3.8, 4) is 0 Å². The van der Waals surface area contributed by atoms with E-state index in [0.29, 0.717) is 10.0 Å². The zero-order chi connectivity index (χ0) is 14.6. The summed E-state index contributed by atoms with van der Waals surface area (Å²) in [6.07, 6.45) is 0. The maximum absolute atomic E-state index is 11.6. The van der Waals surface area contributed by atoms with E-state index in [1.165, 1.54) is 0 Å². The Hall–Kier alpha value is -1.30. The van der Waals surface area contributed by atoms with E-state index in [-0.39, 0.29) is 6.04 Å². The van der Waals surface area contributed by atoms with Crippen molar-refractivity contribution in [3.63, 3.8) is 0 Å². The second kappa shape index (κ2) is 6.75. The second-order valence-corrected chi connectivity index (χ2v) is 5.13. The van der Waals surface area contributed by atoms with E-state index < -0.39 is 18.0 Å². The lowest BCUT2D eigenvalue weighted by molar-refractivity contribution is -0.710. The van der Waals surface area contributed by atoms with Crippen LogP contribution >= 0.6 is 23.2 Å². The molecule has 0 aliphatic heterocycles. The highest BCUT2D eigenvalue weighted by Gasteiger charge is 2.22. The molecule has 7 heteroatoms. The van der Waals surface area contributed by atoms with E-state index >= 15 is 0 Å². The summed E-state index contributed by atoms with van der Waals surface area (Å²) in [5.74, 6) is -0.440. The smallest absolute Gasteiger partial charge is 0.319 e. The number of hydrogen-bond acceptors (Lipinski definition) is 2. The minimum absolute atomic E-state index is 0.0570. The van der Waals surface area contributed by atoms with Crippen molar-refractivity contribution in [1.82, 2.24) is 5.32 Å². The molecule has 0 heterocycles. The van der Waals surface area contributed by atoms with Gasteiger partial charge < -0.3 is 11.1 Å². The van der Waals surface area contributed by atoms with Gasteiger partial charge in [-0.25, -0.2) is 4.79 Å². The average molecular weight is 305 g/mol. The number of rotatable bonds is 4. The van der Waals surface area contributed by atoms with Crippen LogP contribution in [0.15, 0.2) is 18.2 Å². The number of halogens is 2. The second-order valence-electron chi connectivity index (χ2n) is 4.29. The summed E-state index contributed by atoms with van der Waals surface area (Å²) in [4.78, 5) is 22.2. The van der Waals surface area contributed by atoms with Gasteiger partial charge in [0.1, 0.15) is 6.04 Å². The van der Waals surface area contributed by atoms with Gasteiger partial charge in [0, 0.05) is 10.6 Å². The first kappa shape index (κ1) is 15.8. The number of nitrogens with one attached hydrogen (secondary N) is 1. The largest absolute Gasteiger partial charge is 0.351 e. The molecule has 0 bridgehead atoms. The number of imide groups is 1. The van der Waals surface area contributed by atoms with Gasteiger partial charge in [0.05, 0.1) is 5.02 Å². The fraction of sp³-hybridized carbons (Fsp3) is 0.333. The lowest BCUT2D eigenvalue weighted by Gasteiger charge is -2.17. The summed E-state index contributed by atoms with van der Waals surface area (Å²) < 4.78 is 0. The molecular formula is C12H16Cl2N3O2+. The number of urea groups is 1. The number of nitrogens with two attached hydrogens (primary N) is 2. The Morgan fingerprint density at radius 2 is 1.95 bits per heavy atom. The van der Waals surface area contributed by atoms with Crippen LogP contribution in [0.3, 0.4) is 0 Å². The van der Waals surface area contributed by atoms with Crippen molar-refractivity contribution in [1.29, 1.82) is 0 Å². The number of carbonyl (C=O) groups excluding carboxylic acids is 2. The first-order chi connectivity index (χ1) is 8.81. The highest BCUT2D eigenvalue weighted by Crippen LogP contribution is 2.24. The van der Waals surface area contributed by atoms with E-state index in [1.54, 1.807) is 24.4 Å². The fourth-order valence-corrected chi connectivity index (χ4v) is 2.31. The third kappa shape index (κ3) is 4.70. The van der Waals surface area contributed by atoms with Crippen LogP contribution in [0.1, 0.15) is 25.5 Å². The monoisotopic (exact) mass is 304 g/mol. The van der Waals surface area contributed by atoms with Gasteiger partial charge in [-0.05, 0) is 26.0 Å². The van der Waals surface area contributed by atoms with E-state index in [0.717, 1.165) is 5.56 Å². The number of carbonyl (C=O) groups is 2. The molecule has 0 unspecified atom stereocenters. The van der Waals surface area contributed by atoms with Crippen LogP contribution in [-0.4, -0.2) is 18.0 Å². The van der Waals surface area contributed by atoms with Crippen molar-refractivity contribution in [2.24, 2.45) is 5.73 Å². The van der Waals surface area contributed by atoms with E-state index in [2.05, 4.69) is 0 Å². The van der Waals surface area contributed by atoms with Crippen LogP contribution in [0.25, 0.3) is 0 Å². The Balaban J connectivity index is 2.71. The number of hydrogen-bond donors (Lipinski definition) is 3. The van der Waals surface area contributed by atoms with Gasteiger partial charge in [-0.15, -0.1) is 0 Å². The summed E-state index contributed by atoms with van der Waals surface area (Å²) >= 11 is 11.9. The molecule has 0 saturated heterocycles. The predicted octanol–water partition coefficient (Wildman–Crippen LogP) is 1.20. The normalized spacial score (nSPS) is 13.7. The molecule has 1 rings (SSSR count). The van der Waals surface area contributed by atoms with Gasteiger partial charge in [-0.1, -0.05) is 29.3 Å². The molecule has 1 aromatic carbocycles.